The Balaban J connectivity index is 2.30. The number of aromatic nitrogens is 1. The number of rotatable bonds is 1. The van der Waals surface area contributed by atoms with E-state index in [4.69, 9.17) is 5.11 Å². The predicted molar refractivity (Wildman–Crippen MR) is 45.0 cm³/mol. The van der Waals surface area contributed by atoms with Gasteiger partial charge in [-0.25, -0.2) is 13.8 Å². The number of hydrogen-bond acceptors (Lipinski definition) is 3. The molecule has 2 rings (SSSR count). The topological polar surface area (TPSA) is 33.1 Å². The molecule has 0 spiro atoms. The van der Waals surface area contributed by atoms with Gasteiger partial charge in [-0.2, -0.15) is 0 Å². The summed E-state index contributed by atoms with van der Waals surface area (Å²) in [6, 6.07) is 0. The van der Waals surface area contributed by atoms with Gasteiger partial charge in [0.15, 0.2) is 0 Å². The number of hydrogen-bond donors (Lipinski definition) is 1. The van der Waals surface area contributed by atoms with E-state index < -0.39 is 5.92 Å². The van der Waals surface area contributed by atoms with E-state index in [1.54, 1.807) is 0 Å². The lowest BCUT2D eigenvalue weighted by Crippen LogP contribution is -2.24. The number of aryl methyl sites for hydroxylation is 1. The van der Waals surface area contributed by atoms with E-state index in [9.17, 15) is 8.78 Å². The SMILES string of the molecule is OCc1nc2c(s1)CC(F)(F)CC2. The highest BCUT2D eigenvalue weighted by Gasteiger charge is 2.35. The lowest BCUT2D eigenvalue weighted by Gasteiger charge is -2.19. The zero-order valence-electron chi connectivity index (χ0n) is 6.89. The molecule has 1 aromatic rings. The molecule has 0 saturated carbocycles. The molecule has 0 unspecified atom stereocenters. The predicted octanol–water partition coefficient (Wildman–Crippen LogP) is 1.76. The highest BCUT2D eigenvalue weighted by molar-refractivity contribution is 7.11. The van der Waals surface area contributed by atoms with Crippen LogP contribution < -0.4 is 0 Å². The van der Waals surface area contributed by atoms with Crippen molar-refractivity contribution in [2.45, 2.75) is 31.8 Å². The second kappa shape index (κ2) is 2.99. The van der Waals surface area contributed by atoms with Crippen LogP contribution in [-0.4, -0.2) is 16.0 Å². The zero-order chi connectivity index (χ0) is 9.47. The van der Waals surface area contributed by atoms with E-state index in [1.807, 2.05) is 0 Å². The summed E-state index contributed by atoms with van der Waals surface area (Å²) < 4.78 is 25.8. The fraction of sp³-hybridized carbons (Fsp3) is 0.625. The van der Waals surface area contributed by atoms with Crippen LogP contribution >= 0.6 is 11.3 Å². The lowest BCUT2D eigenvalue weighted by molar-refractivity contribution is -0.0116. The Hall–Kier alpha value is -0.550. The van der Waals surface area contributed by atoms with Gasteiger partial charge in [0.05, 0.1) is 12.3 Å². The first-order chi connectivity index (χ1) is 6.11. The number of fused-ring (bicyclic) bond motifs is 1. The Kier molecular flexibility index (Phi) is 2.08. The van der Waals surface area contributed by atoms with Crippen molar-refractivity contribution in [1.29, 1.82) is 0 Å². The van der Waals surface area contributed by atoms with Crippen molar-refractivity contribution in [2.75, 3.05) is 0 Å². The minimum absolute atomic E-state index is 0.116. The minimum Gasteiger partial charge on any atom is -0.389 e. The summed E-state index contributed by atoms with van der Waals surface area (Å²) in [7, 11) is 0. The molecule has 0 aromatic carbocycles. The van der Waals surface area contributed by atoms with Crippen LogP contribution in [0.4, 0.5) is 8.78 Å². The van der Waals surface area contributed by atoms with Crippen molar-refractivity contribution in [3.63, 3.8) is 0 Å². The average molecular weight is 205 g/mol. The first kappa shape index (κ1) is 9.02. The summed E-state index contributed by atoms with van der Waals surface area (Å²) >= 11 is 1.20. The van der Waals surface area contributed by atoms with Gasteiger partial charge in [0.2, 0.25) is 0 Å². The van der Waals surface area contributed by atoms with Gasteiger partial charge in [-0.05, 0) is 6.42 Å². The molecule has 0 fully saturated rings. The molecule has 0 atom stereocenters. The summed E-state index contributed by atoms with van der Waals surface area (Å²) in [5.41, 5.74) is 0.750. The maximum atomic E-state index is 12.9. The Morgan fingerprint density at radius 2 is 2.31 bits per heavy atom. The van der Waals surface area contributed by atoms with Crippen LogP contribution in [0.25, 0.3) is 0 Å². The van der Waals surface area contributed by atoms with Crippen LogP contribution in [0.2, 0.25) is 0 Å². The van der Waals surface area contributed by atoms with Gasteiger partial charge < -0.3 is 5.11 Å². The zero-order valence-corrected chi connectivity index (χ0v) is 7.70. The summed E-state index contributed by atoms with van der Waals surface area (Å²) in [4.78, 5) is 4.71. The third kappa shape index (κ3) is 1.71. The van der Waals surface area contributed by atoms with Gasteiger partial charge in [0.25, 0.3) is 5.92 Å². The largest absolute Gasteiger partial charge is 0.389 e. The fourth-order valence-electron chi connectivity index (χ4n) is 1.46. The first-order valence-electron chi connectivity index (χ1n) is 4.07. The smallest absolute Gasteiger partial charge is 0.253 e. The Morgan fingerprint density at radius 3 is 3.00 bits per heavy atom. The Bertz CT molecular complexity index is 324. The van der Waals surface area contributed by atoms with E-state index in [0.29, 0.717) is 16.3 Å². The molecule has 0 radical (unpaired) electrons. The van der Waals surface area contributed by atoms with E-state index in [2.05, 4.69) is 4.98 Å². The lowest BCUT2D eigenvalue weighted by atomic mass is 9.99. The van der Waals surface area contributed by atoms with Crippen LogP contribution in [0.1, 0.15) is 22.0 Å². The van der Waals surface area contributed by atoms with Gasteiger partial charge in [-0.3, -0.25) is 0 Å². The highest BCUT2D eigenvalue weighted by Crippen LogP contribution is 2.35. The molecule has 72 valence electrons. The van der Waals surface area contributed by atoms with Crippen molar-refractivity contribution < 1.29 is 13.9 Å². The highest BCUT2D eigenvalue weighted by atomic mass is 32.1. The molecule has 1 aromatic heterocycles. The van der Waals surface area contributed by atoms with Crippen molar-refractivity contribution in [3.05, 3.63) is 15.6 Å². The van der Waals surface area contributed by atoms with Crippen LogP contribution in [0.5, 0.6) is 0 Å². The fourth-order valence-corrected chi connectivity index (χ4v) is 2.52. The van der Waals surface area contributed by atoms with E-state index in [1.165, 1.54) is 11.3 Å². The van der Waals surface area contributed by atoms with Crippen LogP contribution in [-0.2, 0) is 19.4 Å². The van der Waals surface area contributed by atoms with Crippen LogP contribution in [0, 0.1) is 0 Å². The number of halogens is 2. The molecule has 0 saturated heterocycles. The molecule has 1 aliphatic carbocycles. The molecule has 0 aliphatic heterocycles. The van der Waals surface area contributed by atoms with E-state index in [-0.39, 0.29) is 19.4 Å². The monoisotopic (exact) mass is 205 g/mol. The van der Waals surface area contributed by atoms with Gasteiger partial charge in [-0.1, -0.05) is 0 Å². The molecule has 13 heavy (non-hydrogen) atoms. The Morgan fingerprint density at radius 1 is 1.54 bits per heavy atom. The van der Waals surface area contributed by atoms with Gasteiger partial charge in [0.1, 0.15) is 5.01 Å². The van der Waals surface area contributed by atoms with Gasteiger partial charge >= 0.3 is 0 Å². The van der Waals surface area contributed by atoms with Crippen LogP contribution in [0.15, 0.2) is 0 Å². The van der Waals surface area contributed by atoms with E-state index >= 15 is 0 Å². The molecule has 1 N–H and O–H groups in total. The molecule has 2 nitrogen and oxygen atoms in total. The van der Waals surface area contributed by atoms with E-state index in [0.717, 1.165) is 5.69 Å². The molecule has 5 heteroatoms. The molecule has 0 amide bonds. The number of aliphatic hydroxyl groups is 1. The third-order valence-electron chi connectivity index (χ3n) is 2.10. The second-order valence-corrected chi connectivity index (χ2v) is 4.34. The van der Waals surface area contributed by atoms with Crippen molar-refractivity contribution >= 4 is 11.3 Å². The molecule has 1 heterocycles. The number of nitrogens with zero attached hydrogens (tertiary/aromatic N) is 1. The maximum absolute atomic E-state index is 12.9. The summed E-state index contributed by atoms with van der Waals surface area (Å²) in [6.07, 6.45) is 0.00738. The number of thiazole rings is 1. The van der Waals surface area contributed by atoms with Crippen LogP contribution in [0.3, 0.4) is 0 Å². The molecular weight excluding hydrogens is 196 g/mol. The number of alkyl halides is 2. The molecule has 0 bridgehead atoms. The summed E-state index contributed by atoms with van der Waals surface area (Å²) in [6.45, 7) is -0.150. The van der Waals surface area contributed by atoms with Crippen molar-refractivity contribution in [2.24, 2.45) is 0 Å². The van der Waals surface area contributed by atoms with Gasteiger partial charge in [-0.15, -0.1) is 11.3 Å². The summed E-state index contributed by atoms with van der Waals surface area (Å²) in [5.74, 6) is -2.58. The van der Waals surface area contributed by atoms with Crippen molar-refractivity contribution in [3.8, 4) is 0 Å². The normalized spacial score (nSPS) is 19.9. The molecule has 1 aliphatic rings. The maximum Gasteiger partial charge on any atom is 0.253 e. The quantitative estimate of drug-likeness (QED) is 0.757. The average Bonchev–Trinajstić information content (AvgIpc) is 2.44. The van der Waals surface area contributed by atoms with Crippen molar-refractivity contribution in [1.82, 2.24) is 4.98 Å². The minimum atomic E-state index is -2.58. The number of aliphatic hydroxyl groups excluding tert-OH is 1. The first-order valence-corrected chi connectivity index (χ1v) is 4.88. The van der Waals surface area contributed by atoms with Gasteiger partial charge in [0, 0.05) is 17.7 Å². The third-order valence-corrected chi connectivity index (χ3v) is 3.19. The summed E-state index contributed by atoms with van der Waals surface area (Å²) in [5, 5.41) is 9.32. The Labute approximate surface area is 78.2 Å². The second-order valence-electron chi connectivity index (χ2n) is 3.17. The standard InChI is InChI=1S/C8H9F2NOS/c9-8(10)2-1-5-6(3-8)13-7(4-12)11-5/h12H,1-4H2. The molecular formula is C8H9F2NOS.